The highest BCUT2D eigenvalue weighted by Crippen LogP contribution is 2.16. The zero-order chi connectivity index (χ0) is 19.3. The van der Waals surface area contributed by atoms with Crippen LogP contribution in [-0.2, 0) is 16.1 Å². The van der Waals surface area contributed by atoms with E-state index in [0.29, 0.717) is 31.8 Å². The molecule has 0 aromatic carbocycles. The van der Waals surface area contributed by atoms with Crippen LogP contribution in [0.25, 0.3) is 0 Å². The molecule has 0 radical (unpaired) electrons. The molecule has 0 bridgehead atoms. The van der Waals surface area contributed by atoms with Gasteiger partial charge in [0.25, 0.3) is 18.3 Å². The van der Waals surface area contributed by atoms with E-state index in [1.165, 1.54) is 10.7 Å². The third kappa shape index (κ3) is 4.18. The van der Waals surface area contributed by atoms with Crippen molar-refractivity contribution in [3.05, 3.63) is 17.5 Å². The van der Waals surface area contributed by atoms with E-state index in [2.05, 4.69) is 10.4 Å². The highest BCUT2D eigenvalue weighted by Gasteiger charge is 2.34. The van der Waals surface area contributed by atoms with Crippen LogP contribution in [0.1, 0.15) is 27.4 Å². The molecule has 2 aliphatic heterocycles. The summed E-state index contributed by atoms with van der Waals surface area (Å²) in [5, 5.41) is 33.0. The molecule has 1 fully saturated rings. The Morgan fingerprint density at radius 2 is 2.19 bits per heavy atom. The summed E-state index contributed by atoms with van der Waals surface area (Å²) in [7, 11) is 1.70. The first kappa shape index (κ1) is 19.8. The van der Waals surface area contributed by atoms with Gasteiger partial charge in [-0.15, -0.1) is 0 Å². The maximum Gasteiger partial charge on any atom is 0.290 e. The lowest BCUT2D eigenvalue weighted by Gasteiger charge is -2.34. The number of hydrogen-bond donors (Lipinski definition) is 4. The molecule has 0 spiro atoms. The number of carbonyl (C=O) groups is 3. The number of aliphatic hydroxyl groups excluding tert-OH is 2. The summed E-state index contributed by atoms with van der Waals surface area (Å²) in [4.78, 5) is 34.3. The van der Waals surface area contributed by atoms with Gasteiger partial charge in [-0.3, -0.25) is 19.1 Å². The molecular weight excluding hydrogens is 348 g/mol. The van der Waals surface area contributed by atoms with Crippen molar-refractivity contribution in [1.82, 2.24) is 20.0 Å². The van der Waals surface area contributed by atoms with Crippen LogP contribution < -0.4 is 5.32 Å². The van der Waals surface area contributed by atoms with Crippen molar-refractivity contribution in [3.63, 3.8) is 0 Å². The summed E-state index contributed by atoms with van der Waals surface area (Å²) in [5.74, 6) is -0.626. The average molecular weight is 370 g/mol. The SMILES string of the molecule is CN1CCn2nc(C(=O)N[C@H]3CCO[C@H](CO)[C@H]3O)cc2C1=O.O=CO. The topological polar surface area (TPSA) is 154 Å². The number of carboxylic acid groups (broad SMARTS) is 1. The maximum atomic E-state index is 12.3. The lowest BCUT2D eigenvalue weighted by molar-refractivity contribution is -0.122. The molecule has 1 aromatic heterocycles. The van der Waals surface area contributed by atoms with Crippen LogP contribution in [0.5, 0.6) is 0 Å². The number of aliphatic hydroxyl groups is 2. The smallest absolute Gasteiger partial charge is 0.290 e. The first-order valence-corrected chi connectivity index (χ1v) is 8.05. The molecule has 11 heteroatoms. The van der Waals surface area contributed by atoms with Crippen LogP contribution in [0.3, 0.4) is 0 Å². The molecule has 0 aliphatic carbocycles. The van der Waals surface area contributed by atoms with Gasteiger partial charge in [0.15, 0.2) is 5.69 Å². The fourth-order valence-corrected chi connectivity index (χ4v) is 2.85. The quantitative estimate of drug-likeness (QED) is 0.442. The first-order valence-electron chi connectivity index (χ1n) is 8.05. The zero-order valence-electron chi connectivity index (χ0n) is 14.2. The Hall–Kier alpha value is -2.50. The fraction of sp³-hybridized carbons (Fsp3) is 0.600. The predicted molar refractivity (Wildman–Crippen MR) is 86.6 cm³/mol. The molecular formula is C15H22N4O7. The van der Waals surface area contributed by atoms with Crippen molar-refractivity contribution in [2.24, 2.45) is 0 Å². The van der Waals surface area contributed by atoms with Gasteiger partial charge in [-0.05, 0) is 6.42 Å². The van der Waals surface area contributed by atoms with E-state index in [1.807, 2.05) is 0 Å². The molecule has 3 rings (SSSR count). The van der Waals surface area contributed by atoms with Gasteiger partial charge in [0.05, 0.1) is 19.2 Å². The minimum Gasteiger partial charge on any atom is -0.483 e. The van der Waals surface area contributed by atoms with E-state index in [-0.39, 0.29) is 24.7 Å². The number of hydrogen-bond acceptors (Lipinski definition) is 7. The van der Waals surface area contributed by atoms with Crippen LogP contribution >= 0.6 is 0 Å². The molecule has 2 amide bonds. The number of nitrogens with zero attached hydrogens (tertiary/aromatic N) is 3. The minimum atomic E-state index is -0.984. The number of ether oxygens (including phenoxy) is 1. The Kier molecular flexibility index (Phi) is 6.66. The van der Waals surface area contributed by atoms with Crippen LogP contribution in [0, 0.1) is 0 Å². The number of carbonyl (C=O) groups excluding carboxylic acids is 2. The molecule has 0 saturated carbocycles. The van der Waals surface area contributed by atoms with E-state index in [0.717, 1.165) is 0 Å². The highest BCUT2D eigenvalue weighted by molar-refractivity contribution is 5.98. The molecule has 26 heavy (non-hydrogen) atoms. The number of nitrogens with one attached hydrogen (secondary N) is 1. The molecule has 0 unspecified atom stereocenters. The Bertz CT molecular complexity index is 662. The molecule has 4 N–H and O–H groups in total. The van der Waals surface area contributed by atoms with Gasteiger partial charge in [0.1, 0.15) is 17.9 Å². The Morgan fingerprint density at radius 3 is 2.85 bits per heavy atom. The van der Waals surface area contributed by atoms with Crippen LogP contribution in [0.4, 0.5) is 0 Å². The normalized spacial score (nSPS) is 25.0. The van der Waals surface area contributed by atoms with E-state index < -0.39 is 24.2 Å². The number of fused-ring (bicyclic) bond motifs is 1. The fourth-order valence-electron chi connectivity index (χ4n) is 2.85. The van der Waals surface area contributed by atoms with Crippen molar-refractivity contribution >= 4 is 18.3 Å². The number of likely N-dealkylation sites (N-methyl/N-ethyl adjacent to an activating group) is 1. The van der Waals surface area contributed by atoms with E-state index in [4.69, 9.17) is 19.7 Å². The Labute approximate surface area is 149 Å². The largest absolute Gasteiger partial charge is 0.483 e. The Morgan fingerprint density at radius 1 is 1.50 bits per heavy atom. The van der Waals surface area contributed by atoms with Crippen molar-refractivity contribution in [3.8, 4) is 0 Å². The van der Waals surface area contributed by atoms with Crippen molar-refractivity contribution in [1.29, 1.82) is 0 Å². The third-order valence-electron chi connectivity index (χ3n) is 4.28. The molecule has 144 valence electrons. The summed E-state index contributed by atoms with van der Waals surface area (Å²) in [5.41, 5.74) is 0.521. The highest BCUT2D eigenvalue weighted by atomic mass is 16.5. The average Bonchev–Trinajstić information content (AvgIpc) is 3.06. The van der Waals surface area contributed by atoms with Gasteiger partial charge in [-0.2, -0.15) is 5.10 Å². The number of rotatable bonds is 3. The maximum absolute atomic E-state index is 12.3. The molecule has 3 heterocycles. The second kappa shape index (κ2) is 8.74. The summed E-state index contributed by atoms with van der Waals surface area (Å²) >= 11 is 0. The predicted octanol–water partition coefficient (Wildman–Crippen LogP) is -2.09. The van der Waals surface area contributed by atoms with E-state index in [1.54, 1.807) is 11.9 Å². The van der Waals surface area contributed by atoms with Crippen molar-refractivity contribution in [2.75, 3.05) is 26.8 Å². The van der Waals surface area contributed by atoms with Gasteiger partial charge in [0, 0.05) is 26.3 Å². The lowest BCUT2D eigenvalue weighted by atomic mass is 10.00. The molecule has 1 saturated heterocycles. The monoisotopic (exact) mass is 370 g/mol. The first-order chi connectivity index (χ1) is 12.4. The molecule has 11 nitrogen and oxygen atoms in total. The van der Waals surface area contributed by atoms with Gasteiger partial charge in [-0.1, -0.05) is 0 Å². The van der Waals surface area contributed by atoms with Crippen molar-refractivity contribution < 1.29 is 34.4 Å². The van der Waals surface area contributed by atoms with Crippen LogP contribution in [0.2, 0.25) is 0 Å². The third-order valence-corrected chi connectivity index (χ3v) is 4.28. The minimum absolute atomic E-state index is 0.142. The van der Waals surface area contributed by atoms with Crippen molar-refractivity contribution in [2.45, 2.75) is 31.2 Å². The Balaban J connectivity index is 0.000000758. The van der Waals surface area contributed by atoms with E-state index in [9.17, 15) is 14.7 Å². The second-order valence-electron chi connectivity index (χ2n) is 5.92. The van der Waals surface area contributed by atoms with Gasteiger partial charge < -0.3 is 30.3 Å². The lowest BCUT2D eigenvalue weighted by Crippen LogP contribution is -2.54. The summed E-state index contributed by atoms with van der Waals surface area (Å²) in [6.45, 7) is 0.867. The molecule has 3 atom stereocenters. The summed E-state index contributed by atoms with van der Waals surface area (Å²) < 4.78 is 6.75. The number of aromatic nitrogens is 2. The van der Waals surface area contributed by atoms with E-state index >= 15 is 0 Å². The van der Waals surface area contributed by atoms with Gasteiger partial charge in [0.2, 0.25) is 0 Å². The summed E-state index contributed by atoms with van der Waals surface area (Å²) in [6.07, 6.45) is -1.25. The molecule has 2 aliphatic rings. The number of amides is 2. The molecule has 1 aromatic rings. The van der Waals surface area contributed by atoms with Crippen LogP contribution in [-0.4, -0.2) is 93.3 Å². The van der Waals surface area contributed by atoms with Gasteiger partial charge >= 0.3 is 0 Å². The summed E-state index contributed by atoms with van der Waals surface area (Å²) in [6, 6.07) is 0.938. The second-order valence-corrected chi connectivity index (χ2v) is 5.92. The van der Waals surface area contributed by atoms with Gasteiger partial charge in [-0.25, -0.2) is 0 Å². The standard InChI is InChI=1S/C14H20N4O5.CH2O2/c1-17-3-4-18-10(14(17)22)6-9(16-18)13(21)15-8-2-5-23-11(7-19)12(8)20;2-1-3/h6,8,11-12,19-20H,2-5,7H2,1H3,(H,15,21);1H,(H,2,3)/t8-,11+,12-;/m0./s1. The zero-order valence-corrected chi connectivity index (χ0v) is 14.2. The van der Waals surface area contributed by atoms with Crippen LogP contribution in [0.15, 0.2) is 6.07 Å².